The van der Waals surface area contributed by atoms with Crippen molar-refractivity contribution < 1.29 is 18.7 Å². The van der Waals surface area contributed by atoms with Gasteiger partial charge in [-0.3, -0.25) is 9.69 Å². The van der Waals surface area contributed by atoms with E-state index in [2.05, 4.69) is 9.64 Å². The van der Waals surface area contributed by atoms with E-state index in [0.717, 1.165) is 25.1 Å². The van der Waals surface area contributed by atoms with Gasteiger partial charge in [0.25, 0.3) is 5.91 Å². The second-order valence-electron chi connectivity index (χ2n) is 6.64. The number of ether oxygens (including phenoxy) is 1. The molecule has 0 saturated carbocycles. The molecule has 0 spiro atoms. The highest BCUT2D eigenvalue weighted by molar-refractivity contribution is 6.30. The number of hydrogen-bond donors (Lipinski definition) is 0. The van der Waals surface area contributed by atoms with Crippen molar-refractivity contribution in [3.05, 3.63) is 58.0 Å². The van der Waals surface area contributed by atoms with E-state index in [1.165, 1.54) is 7.11 Å². The first-order valence-electron chi connectivity index (χ1n) is 8.92. The molecule has 7 heteroatoms. The minimum absolute atomic E-state index is 0.0389. The third kappa shape index (κ3) is 4.70. The van der Waals surface area contributed by atoms with Crippen LogP contribution in [0.2, 0.25) is 5.02 Å². The molecular weight excluding hydrogens is 368 g/mol. The standard InChI is InChI=1S/C20H23ClN2O4/c1-14-12-15(21)4-6-17(14)19(24)23-9-3-8-22(10-11-23)13-16-5-7-18(27-16)20(25)26-2/h4-7,12H,3,8-11,13H2,1-2H3. The molecule has 2 aromatic rings. The number of aryl methyl sites for hydroxylation is 1. The summed E-state index contributed by atoms with van der Waals surface area (Å²) in [4.78, 5) is 28.5. The first kappa shape index (κ1) is 19.5. The molecule has 1 fully saturated rings. The zero-order valence-corrected chi connectivity index (χ0v) is 16.3. The molecule has 0 atom stereocenters. The molecule has 1 amide bonds. The number of rotatable bonds is 4. The monoisotopic (exact) mass is 390 g/mol. The second kappa shape index (κ2) is 8.59. The van der Waals surface area contributed by atoms with Crippen molar-refractivity contribution >= 4 is 23.5 Å². The van der Waals surface area contributed by atoms with Gasteiger partial charge in [0.15, 0.2) is 0 Å². The number of carbonyl (C=O) groups is 2. The predicted octanol–water partition coefficient (Wildman–Crippen LogP) is 3.38. The summed E-state index contributed by atoms with van der Waals surface area (Å²) in [6.07, 6.45) is 0.878. The number of benzene rings is 1. The normalized spacial score (nSPS) is 15.4. The van der Waals surface area contributed by atoms with Crippen molar-refractivity contribution in [2.24, 2.45) is 0 Å². The van der Waals surface area contributed by atoms with Crippen molar-refractivity contribution in [1.82, 2.24) is 9.80 Å². The third-order valence-electron chi connectivity index (χ3n) is 4.72. The second-order valence-corrected chi connectivity index (χ2v) is 7.08. The van der Waals surface area contributed by atoms with Gasteiger partial charge in [0.05, 0.1) is 13.7 Å². The molecule has 0 bridgehead atoms. The van der Waals surface area contributed by atoms with Gasteiger partial charge in [0, 0.05) is 36.8 Å². The number of hydrogen-bond acceptors (Lipinski definition) is 5. The summed E-state index contributed by atoms with van der Waals surface area (Å²) in [6, 6.07) is 8.77. The Kier molecular flexibility index (Phi) is 6.19. The Morgan fingerprint density at radius 2 is 1.96 bits per heavy atom. The summed E-state index contributed by atoms with van der Waals surface area (Å²) in [6.45, 7) is 5.46. The van der Waals surface area contributed by atoms with Gasteiger partial charge in [0.1, 0.15) is 5.76 Å². The lowest BCUT2D eigenvalue weighted by Crippen LogP contribution is -2.35. The highest BCUT2D eigenvalue weighted by atomic mass is 35.5. The molecule has 1 aromatic carbocycles. The van der Waals surface area contributed by atoms with Crippen LogP contribution < -0.4 is 0 Å². The minimum atomic E-state index is -0.479. The third-order valence-corrected chi connectivity index (χ3v) is 4.96. The van der Waals surface area contributed by atoms with Crippen LogP contribution in [-0.2, 0) is 11.3 Å². The maximum atomic E-state index is 12.9. The molecule has 0 aliphatic carbocycles. The van der Waals surface area contributed by atoms with E-state index < -0.39 is 5.97 Å². The lowest BCUT2D eigenvalue weighted by molar-refractivity contribution is 0.0560. The number of methoxy groups -OCH3 is 1. The van der Waals surface area contributed by atoms with Crippen LogP contribution in [0.15, 0.2) is 34.7 Å². The van der Waals surface area contributed by atoms with Crippen LogP contribution >= 0.6 is 11.6 Å². The van der Waals surface area contributed by atoms with E-state index in [1.54, 1.807) is 24.3 Å². The van der Waals surface area contributed by atoms with Crippen molar-refractivity contribution in [3.8, 4) is 0 Å². The van der Waals surface area contributed by atoms with Crippen molar-refractivity contribution in [1.29, 1.82) is 0 Å². The van der Waals surface area contributed by atoms with E-state index in [-0.39, 0.29) is 11.7 Å². The van der Waals surface area contributed by atoms with Crippen molar-refractivity contribution in [3.63, 3.8) is 0 Å². The van der Waals surface area contributed by atoms with E-state index >= 15 is 0 Å². The van der Waals surface area contributed by atoms with E-state index in [0.29, 0.717) is 36.0 Å². The largest absolute Gasteiger partial charge is 0.463 e. The van der Waals surface area contributed by atoms with Gasteiger partial charge >= 0.3 is 5.97 Å². The Labute approximate surface area is 163 Å². The number of furan rings is 1. The SMILES string of the molecule is COC(=O)c1ccc(CN2CCCN(C(=O)c3ccc(Cl)cc3C)CC2)o1. The molecule has 1 aromatic heterocycles. The van der Waals surface area contributed by atoms with Gasteiger partial charge in [0.2, 0.25) is 5.76 Å². The number of halogens is 1. The fourth-order valence-corrected chi connectivity index (χ4v) is 3.49. The Morgan fingerprint density at radius 3 is 2.70 bits per heavy atom. The van der Waals surface area contributed by atoms with Gasteiger partial charge < -0.3 is 14.1 Å². The van der Waals surface area contributed by atoms with Crippen LogP contribution in [0.1, 0.15) is 38.7 Å². The lowest BCUT2D eigenvalue weighted by atomic mass is 10.1. The zero-order chi connectivity index (χ0) is 19.4. The van der Waals surface area contributed by atoms with Gasteiger partial charge in [-0.15, -0.1) is 0 Å². The van der Waals surface area contributed by atoms with Crippen LogP contribution in [-0.4, -0.2) is 55.0 Å². The Morgan fingerprint density at radius 1 is 1.15 bits per heavy atom. The quantitative estimate of drug-likeness (QED) is 0.749. The Balaban J connectivity index is 1.61. The molecule has 144 valence electrons. The molecule has 0 N–H and O–H groups in total. The first-order chi connectivity index (χ1) is 13.0. The predicted molar refractivity (Wildman–Crippen MR) is 102 cm³/mol. The molecular formula is C20H23ClN2O4. The highest BCUT2D eigenvalue weighted by Gasteiger charge is 2.22. The van der Waals surface area contributed by atoms with Crippen LogP contribution in [0.4, 0.5) is 0 Å². The van der Waals surface area contributed by atoms with Crippen molar-refractivity contribution in [2.75, 3.05) is 33.3 Å². The topological polar surface area (TPSA) is 63.0 Å². The van der Waals surface area contributed by atoms with E-state index in [4.69, 9.17) is 16.0 Å². The molecule has 1 saturated heterocycles. The fourth-order valence-electron chi connectivity index (χ4n) is 3.26. The van der Waals surface area contributed by atoms with Crippen LogP contribution in [0.5, 0.6) is 0 Å². The summed E-state index contributed by atoms with van der Waals surface area (Å²) >= 11 is 5.99. The lowest BCUT2D eigenvalue weighted by Gasteiger charge is -2.22. The number of carbonyl (C=O) groups excluding carboxylic acids is 2. The average molecular weight is 391 g/mol. The minimum Gasteiger partial charge on any atom is -0.463 e. The zero-order valence-electron chi connectivity index (χ0n) is 15.5. The van der Waals surface area contributed by atoms with E-state index in [9.17, 15) is 9.59 Å². The van der Waals surface area contributed by atoms with Crippen LogP contribution in [0, 0.1) is 6.92 Å². The van der Waals surface area contributed by atoms with Gasteiger partial charge in [-0.05, 0) is 49.2 Å². The van der Waals surface area contributed by atoms with Gasteiger partial charge in [-0.2, -0.15) is 0 Å². The molecule has 2 heterocycles. The maximum Gasteiger partial charge on any atom is 0.373 e. The molecule has 1 aliphatic rings. The van der Waals surface area contributed by atoms with E-state index in [1.807, 2.05) is 17.9 Å². The molecule has 0 unspecified atom stereocenters. The van der Waals surface area contributed by atoms with Crippen LogP contribution in [0.3, 0.4) is 0 Å². The highest BCUT2D eigenvalue weighted by Crippen LogP contribution is 2.19. The average Bonchev–Trinajstić information content (AvgIpc) is 2.98. The summed E-state index contributed by atoms with van der Waals surface area (Å²) in [5.74, 6) is 0.477. The van der Waals surface area contributed by atoms with Crippen molar-refractivity contribution in [2.45, 2.75) is 19.9 Å². The summed E-state index contributed by atoms with van der Waals surface area (Å²) < 4.78 is 10.2. The number of esters is 1. The van der Waals surface area contributed by atoms with Gasteiger partial charge in [-0.1, -0.05) is 11.6 Å². The number of nitrogens with zero attached hydrogens (tertiary/aromatic N) is 2. The van der Waals surface area contributed by atoms with Gasteiger partial charge in [-0.25, -0.2) is 4.79 Å². The van der Waals surface area contributed by atoms with Crippen LogP contribution in [0.25, 0.3) is 0 Å². The first-order valence-corrected chi connectivity index (χ1v) is 9.30. The Hall–Kier alpha value is -2.31. The summed E-state index contributed by atoms with van der Waals surface area (Å²) in [7, 11) is 1.33. The molecule has 27 heavy (non-hydrogen) atoms. The molecule has 0 radical (unpaired) electrons. The summed E-state index contributed by atoms with van der Waals surface area (Å²) in [5.41, 5.74) is 1.58. The molecule has 1 aliphatic heterocycles. The number of amides is 1. The maximum absolute atomic E-state index is 12.9. The molecule has 6 nitrogen and oxygen atoms in total. The fraction of sp³-hybridized carbons (Fsp3) is 0.400. The molecule has 3 rings (SSSR count). The summed E-state index contributed by atoms with van der Waals surface area (Å²) in [5, 5.41) is 0.635. The smallest absolute Gasteiger partial charge is 0.373 e. The Bertz CT molecular complexity index is 833.